The van der Waals surface area contributed by atoms with Crippen molar-refractivity contribution in [2.45, 2.75) is 20.4 Å². The summed E-state index contributed by atoms with van der Waals surface area (Å²) >= 11 is 0. The Bertz CT molecular complexity index is 881. The van der Waals surface area contributed by atoms with Crippen LogP contribution in [-0.4, -0.2) is 25.8 Å². The topological polar surface area (TPSA) is 101 Å². The lowest BCUT2D eigenvalue weighted by Gasteiger charge is -2.05. The second-order valence-corrected chi connectivity index (χ2v) is 4.83. The van der Waals surface area contributed by atoms with E-state index in [-0.39, 0.29) is 17.8 Å². The first-order chi connectivity index (χ1) is 9.99. The van der Waals surface area contributed by atoms with Crippen LogP contribution in [0.5, 0.6) is 0 Å². The second-order valence-electron chi connectivity index (χ2n) is 4.83. The smallest absolute Gasteiger partial charge is 0.337 e. The molecule has 0 aliphatic rings. The summed E-state index contributed by atoms with van der Waals surface area (Å²) in [5.41, 5.74) is 2.04. The zero-order valence-corrected chi connectivity index (χ0v) is 11.5. The van der Waals surface area contributed by atoms with Gasteiger partial charge in [-0.25, -0.2) is 9.59 Å². The van der Waals surface area contributed by atoms with Crippen LogP contribution in [0.25, 0.3) is 11.0 Å². The van der Waals surface area contributed by atoms with Crippen molar-refractivity contribution in [2.24, 2.45) is 0 Å². The van der Waals surface area contributed by atoms with E-state index in [4.69, 9.17) is 4.52 Å². The number of aromatic carboxylic acids is 1. The van der Waals surface area contributed by atoms with E-state index in [9.17, 15) is 14.7 Å². The van der Waals surface area contributed by atoms with Crippen LogP contribution in [0.1, 0.15) is 27.4 Å². The van der Waals surface area contributed by atoms with Crippen LogP contribution in [0.4, 0.5) is 0 Å². The number of fused-ring (bicyclic) bond motifs is 1. The van der Waals surface area contributed by atoms with Gasteiger partial charge in [0.15, 0.2) is 0 Å². The van der Waals surface area contributed by atoms with Crippen molar-refractivity contribution < 1.29 is 14.4 Å². The van der Waals surface area contributed by atoms with E-state index >= 15 is 0 Å². The number of para-hydroxylation sites is 1. The number of imidazole rings is 1. The molecular weight excluding hydrogens is 274 g/mol. The van der Waals surface area contributed by atoms with E-state index in [0.717, 1.165) is 5.56 Å². The Balaban J connectivity index is 2.25. The average Bonchev–Trinajstić information content (AvgIpc) is 2.92. The molecule has 7 nitrogen and oxygen atoms in total. The molecule has 1 aromatic carbocycles. The third-order valence-electron chi connectivity index (χ3n) is 3.52. The number of hydrogen-bond donors (Lipinski definition) is 2. The first kappa shape index (κ1) is 13.2. The molecule has 0 radical (unpaired) electrons. The summed E-state index contributed by atoms with van der Waals surface area (Å²) in [6, 6.07) is 4.75. The Morgan fingerprint density at radius 3 is 2.81 bits per heavy atom. The van der Waals surface area contributed by atoms with Gasteiger partial charge in [0.1, 0.15) is 5.76 Å². The molecule has 0 unspecified atom stereocenters. The third kappa shape index (κ3) is 2.03. The zero-order valence-electron chi connectivity index (χ0n) is 11.5. The molecule has 3 aromatic rings. The summed E-state index contributed by atoms with van der Waals surface area (Å²) in [5, 5.41) is 13.1. The van der Waals surface area contributed by atoms with Gasteiger partial charge in [-0.15, -0.1) is 0 Å². The van der Waals surface area contributed by atoms with Crippen molar-refractivity contribution in [2.75, 3.05) is 0 Å². The summed E-state index contributed by atoms with van der Waals surface area (Å²) in [7, 11) is 0. The van der Waals surface area contributed by atoms with E-state index < -0.39 is 5.97 Å². The van der Waals surface area contributed by atoms with Crippen LogP contribution < -0.4 is 5.69 Å². The Labute approximate surface area is 118 Å². The number of nitrogens with one attached hydrogen (secondary N) is 1. The molecule has 0 aliphatic carbocycles. The molecule has 0 bridgehead atoms. The molecule has 3 rings (SSSR count). The monoisotopic (exact) mass is 287 g/mol. The van der Waals surface area contributed by atoms with E-state index in [1.807, 2.05) is 0 Å². The van der Waals surface area contributed by atoms with Gasteiger partial charge in [0.2, 0.25) is 0 Å². The summed E-state index contributed by atoms with van der Waals surface area (Å²) in [6.45, 7) is 3.75. The number of benzene rings is 1. The van der Waals surface area contributed by atoms with E-state index in [2.05, 4.69) is 10.1 Å². The minimum Gasteiger partial charge on any atom is -0.478 e. The molecule has 2 N–H and O–H groups in total. The van der Waals surface area contributed by atoms with E-state index in [1.54, 1.807) is 26.0 Å². The highest BCUT2D eigenvalue weighted by molar-refractivity contribution is 6.01. The highest BCUT2D eigenvalue weighted by Gasteiger charge is 2.18. The lowest BCUT2D eigenvalue weighted by molar-refractivity contribution is 0.0698. The number of carbonyl (C=O) groups is 1. The lowest BCUT2D eigenvalue weighted by Crippen LogP contribution is -2.19. The van der Waals surface area contributed by atoms with Gasteiger partial charge in [0, 0.05) is 5.56 Å². The van der Waals surface area contributed by atoms with Crippen molar-refractivity contribution in [1.82, 2.24) is 14.7 Å². The van der Waals surface area contributed by atoms with Gasteiger partial charge in [-0.3, -0.25) is 4.57 Å². The first-order valence-electron chi connectivity index (χ1n) is 6.35. The minimum absolute atomic E-state index is 0.0811. The molecule has 0 saturated heterocycles. The Hall–Kier alpha value is -2.83. The van der Waals surface area contributed by atoms with E-state index in [1.165, 1.54) is 10.6 Å². The number of H-pyrrole nitrogens is 1. The second kappa shape index (κ2) is 4.62. The van der Waals surface area contributed by atoms with Crippen molar-refractivity contribution in [3.05, 3.63) is 51.3 Å². The highest BCUT2D eigenvalue weighted by atomic mass is 16.5. The highest BCUT2D eigenvalue weighted by Crippen LogP contribution is 2.19. The van der Waals surface area contributed by atoms with Crippen LogP contribution in [0, 0.1) is 13.8 Å². The number of aromatic amines is 1. The van der Waals surface area contributed by atoms with Gasteiger partial charge in [-0.1, -0.05) is 11.2 Å². The number of carboxylic acids is 1. The summed E-state index contributed by atoms with van der Waals surface area (Å²) in [5.74, 6) is -0.464. The van der Waals surface area contributed by atoms with Crippen LogP contribution in [0.2, 0.25) is 0 Å². The quantitative estimate of drug-likeness (QED) is 0.763. The van der Waals surface area contributed by atoms with Crippen molar-refractivity contribution >= 4 is 17.0 Å². The third-order valence-corrected chi connectivity index (χ3v) is 3.52. The van der Waals surface area contributed by atoms with Crippen LogP contribution in [-0.2, 0) is 6.54 Å². The van der Waals surface area contributed by atoms with Gasteiger partial charge < -0.3 is 14.6 Å². The van der Waals surface area contributed by atoms with Gasteiger partial charge in [-0.05, 0) is 26.0 Å². The number of nitrogens with zero attached hydrogens (tertiary/aromatic N) is 2. The van der Waals surface area contributed by atoms with Crippen molar-refractivity contribution in [1.29, 1.82) is 0 Å². The molecule has 0 saturated carbocycles. The minimum atomic E-state index is -1.08. The number of rotatable bonds is 3. The molecule has 2 aromatic heterocycles. The first-order valence-corrected chi connectivity index (χ1v) is 6.35. The number of aromatic nitrogens is 3. The summed E-state index contributed by atoms with van der Waals surface area (Å²) < 4.78 is 6.48. The molecule has 0 atom stereocenters. The van der Waals surface area contributed by atoms with E-state index in [0.29, 0.717) is 22.5 Å². The SMILES string of the molecule is Cc1noc(C)c1Cn1c(=O)[nH]c2cccc(C(=O)O)c21. The molecule has 2 heterocycles. The molecule has 21 heavy (non-hydrogen) atoms. The molecule has 0 amide bonds. The van der Waals surface area contributed by atoms with Gasteiger partial charge >= 0.3 is 11.7 Å². The van der Waals surface area contributed by atoms with Crippen LogP contribution in [0.15, 0.2) is 27.5 Å². The Morgan fingerprint density at radius 2 is 2.19 bits per heavy atom. The Morgan fingerprint density at radius 1 is 1.43 bits per heavy atom. The van der Waals surface area contributed by atoms with Crippen molar-refractivity contribution in [3.63, 3.8) is 0 Å². The molecule has 7 heteroatoms. The van der Waals surface area contributed by atoms with Gasteiger partial charge in [-0.2, -0.15) is 0 Å². The van der Waals surface area contributed by atoms with Gasteiger partial charge in [0.25, 0.3) is 0 Å². The number of carboxylic acid groups (broad SMARTS) is 1. The molecule has 108 valence electrons. The fraction of sp³-hybridized carbons (Fsp3) is 0.214. The summed E-state index contributed by atoms with van der Waals surface area (Å²) in [4.78, 5) is 26.1. The zero-order chi connectivity index (χ0) is 15.1. The standard InChI is InChI=1S/C14H13N3O4/c1-7-10(8(2)21-16-7)6-17-12-9(13(18)19)4-3-5-11(12)15-14(17)20/h3-5H,6H2,1-2H3,(H,15,20)(H,18,19). The maximum Gasteiger partial charge on any atom is 0.337 e. The molecule has 0 aliphatic heterocycles. The molecular formula is C14H13N3O4. The molecule has 0 spiro atoms. The largest absolute Gasteiger partial charge is 0.478 e. The van der Waals surface area contributed by atoms with Gasteiger partial charge in [0.05, 0.1) is 28.8 Å². The fourth-order valence-electron chi connectivity index (χ4n) is 2.43. The predicted molar refractivity (Wildman–Crippen MR) is 74.6 cm³/mol. The molecule has 0 fully saturated rings. The number of aryl methyl sites for hydroxylation is 2. The lowest BCUT2D eigenvalue weighted by atomic mass is 10.1. The van der Waals surface area contributed by atoms with Crippen molar-refractivity contribution in [3.8, 4) is 0 Å². The summed E-state index contributed by atoms with van der Waals surface area (Å²) in [6.07, 6.45) is 0. The normalized spacial score (nSPS) is 11.1. The van der Waals surface area contributed by atoms with Crippen LogP contribution >= 0.6 is 0 Å². The number of hydrogen-bond acceptors (Lipinski definition) is 4. The average molecular weight is 287 g/mol. The maximum atomic E-state index is 12.1. The fourth-order valence-corrected chi connectivity index (χ4v) is 2.43. The van der Waals surface area contributed by atoms with Crippen LogP contribution in [0.3, 0.4) is 0 Å². The predicted octanol–water partition coefficient (Wildman–Crippen LogP) is 1.68. The maximum absolute atomic E-state index is 12.1. The Kier molecular flexibility index (Phi) is 2.90.